The zero-order valence-electron chi connectivity index (χ0n) is 11.3. The third kappa shape index (κ3) is 3.61. The molecule has 0 radical (unpaired) electrons. The van der Waals surface area contributed by atoms with Crippen LogP contribution >= 0.6 is 15.9 Å². The number of urea groups is 1. The molecule has 3 N–H and O–H groups in total. The summed E-state index contributed by atoms with van der Waals surface area (Å²) in [4.78, 5) is 25.2. The van der Waals surface area contributed by atoms with E-state index < -0.39 is 6.03 Å². The lowest BCUT2D eigenvalue weighted by Crippen LogP contribution is -2.38. The van der Waals surface area contributed by atoms with Crippen molar-refractivity contribution in [2.45, 2.75) is 6.92 Å². The molecule has 0 heterocycles. The summed E-state index contributed by atoms with van der Waals surface area (Å²) < 4.78 is 0.735. The zero-order valence-corrected chi connectivity index (χ0v) is 12.9. The molecule has 0 aliphatic rings. The molecular weight excluding hydrogens is 334 g/mol. The van der Waals surface area contributed by atoms with Crippen LogP contribution < -0.4 is 16.0 Å². The van der Waals surface area contributed by atoms with E-state index in [0.717, 1.165) is 9.37 Å². The number of imide groups is 1. The fourth-order valence-corrected chi connectivity index (χ4v) is 2.18. The fourth-order valence-electron chi connectivity index (χ4n) is 1.80. The third-order valence-corrected chi connectivity index (χ3v) is 3.48. The second-order valence-corrected chi connectivity index (χ2v) is 5.21. The number of halogens is 1. The topological polar surface area (TPSA) is 75.4 Å². The first kappa shape index (κ1) is 15.1. The molecule has 0 fully saturated rings. The SMILES string of the molecule is CC(=O)N(C(=O)Nc1ccccc1Br)c1ccc(N)cc1. The Kier molecular flexibility index (Phi) is 4.59. The van der Waals surface area contributed by atoms with Crippen molar-refractivity contribution in [1.29, 1.82) is 0 Å². The first-order chi connectivity index (χ1) is 9.99. The van der Waals surface area contributed by atoms with Gasteiger partial charge in [0, 0.05) is 17.1 Å². The van der Waals surface area contributed by atoms with Crippen LogP contribution in [0.4, 0.5) is 21.9 Å². The summed E-state index contributed by atoms with van der Waals surface area (Å²) >= 11 is 3.34. The van der Waals surface area contributed by atoms with Crippen LogP contribution in [0.25, 0.3) is 0 Å². The van der Waals surface area contributed by atoms with Gasteiger partial charge in [0.15, 0.2) is 0 Å². The summed E-state index contributed by atoms with van der Waals surface area (Å²) in [7, 11) is 0. The Morgan fingerprint density at radius 3 is 2.29 bits per heavy atom. The van der Waals surface area contributed by atoms with Crippen LogP contribution in [-0.2, 0) is 4.79 Å². The Balaban J connectivity index is 2.26. The van der Waals surface area contributed by atoms with Crippen molar-refractivity contribution in [2.24, 2.45) is 0 Å². The summed E-state index contributed by atoms with van der Waals surface area (Å²) in [5, 5.41) is 2.69. The Labute approximate surface area is 130 Å². The van der Waals surface area contributed by atoms with Crippen LogP contribution in [0.3, 0.4) is 0 Å². The number of carbonyl (C=O) groups is 2. The van der Waals surface area contributed by atoms with Crippen LogP contribution in [0.5, 0.6) is 0 Å². The van der Waals surface area contributed by atoms with Crippen molar-refractivity contribution in [1.82, 2.24) is 0 Å². The van der Waals surface area contributed by atoms with E-state index in [-0.39, 0.29) is 5.91 Å². The Morgan fingerprint density at radius 1 is 1.10 bits per heavy atom. The molecule has 5 nitrogen and oxygen atoms in total. The highest BCUT2D eigenvalue weighted by molar-refractivity contribution is 9.10. The van der Waals surface area contributed by atoms with Gasteiger partial charge in [-0.05, 0) is 52.3 Å². The number of amides is 3. The van der Waals surface area contributed by atoms with Crippen LogP contribution in [0.1, 0.15) is 6.92 Å². The van der Waals surface area contributed by atoms with Crippen molar-refractivity contribution >= 4 is 44.9 Å². The molecule has 0 aliphatic heterocycles. The third-order valence-electron chi connectivity index (χ3n) is 2.78. The number of nitrogens with zero attached hydrogens (tertiary/aromatic N) is 1. The smallest absolute Gasteiger partial charge is 0.333 e. The van der Waals surface area contributed by atoms with Gasteiger partial charge in [-0.15, -0.1) is 0 Å². The maximum Gasteiger partial charge on any atom is 0.333 e. The van der Waals surface area contributed by atoms with Crippen molar-refractivity contribution in [3.8, 4) is 0 Å². The predicted molar refractivity (Wildman–Crippen MR) is 87.2 cm³/mol. The molecule has 2 aromatic rings. The molecule has 6 heteroatoms. The van der Waals surface area contributed by atoms with Gasteiger partial charge in [0.05, 0.1) is 11.4 Å². The minimum atomic E-state index is -0.529. The quantitative estimate of drug-likeness (QED) is 0.814. The van der Waals surface area contributed by atoms with E-state index in [1.807, 2.05) is 6.07 Å². The van der Waals surface area contributed by atoms with E-state index in [1.165, 1.54) is 6.92 Å². The lowest BCUT2D eigenvalue weighted by atomic mass is 10.2. The minimum absolute atomic E-state index is 0.385. The van der Waals surface area contributed by atoms with E-state index in [1.54, 1.807) is 42.5 Å². The number of para-hydroxylation sites is 1. The molecule has 0 unspecified atom stereocenters. The van der Waals surface area contributed by atoms with Crippen molar-refractivity contribution in [3.63, 3.8) is 0 Å². The van der Waals surface area contributed by atoms with E-state index >= 15 is 0 Å². The van der Waals surface area contributed by atoms with Crippen molar-refractivity contribution < 1.29 is 9.59 Å². The number of nitrogens with one attached hydrogen (secondary N) is 1. The molecule has 0 saturated carbocycles. The average Bonchev–Trinajstić information content (AvgIpc) is 2.43. The second kappa shape index (κ2) is 6.41. The highest BCUT2D eigenvalue weighted by Crippen LogP contribution is 2.23. The van der Waals surface area contributed by atoms with Gasteiger partial charge in [0.2, 0.25) is 5.91 Å². The highest BCUT2D eigenvalue weighted by Gasteiger charge is 2.20. The lowest BCUT2D eigenvalue weighted by molar-refractivity contribution is -0.115. The number of carbonyl (C=O) groups excluding carboxylic acids is 2. The van der Waals surface area contributed by atoms with Gasteiger partial charge >= 0.3 is 6.03 Å². The minimum Gasteiger partial charge on any atom is -0.399 e. The van der Waals surface area contributed by atoms with Gasteiger partial charge in [-0.2, -0.15) is 0 Å². The highest BCUT2D eigenvalue weighted by atomic mass is 79.9. The van der Waals surface area contributed by atoms with Gasteiger partial charge in [-0.3, -0.25) is 4.79 Å². The van der Waals surface area contributed by atoms with Gasteiger partial charge in [0.25, 0.3) is 0 Å². The molecule has 2 rings (SSSR count). The average molecular weight is 348 g/mol. The molecule has 0 bridgehead atoms. The first-order valence-electron chi connectivity index (χ1n) is 6.21. The summed E-state index contributed by atoms with van der Waals surface area (Å²) in [6.45, 7) is 1.33. The lowest BCUT2D eigenvalue weighted by Gasteiger charge is -2.20. The summed E-state index contributed by atoms with van der Waals surface area (Å²) in [5.74, 6) is -0.385. The van der Waals surface area contributed by atoms with Crippen molar-refractivity contribution in [3.05, 3.63) is 53.0 Å². The van der Waals surface area contributed by atoms with Gasteiger partial charge in [-0.1, -0.05) is 12.1 Å². The van der Waals surface area contributed by atoms with E-state index in [2.05, 4.69) is 21.2 Å². The summed E-state index contributed by atoms with van der Waals surface area (Å²) in [6.07, 6.45) is 0. The fraction of sp³-hybridized carbons (Fsp3) is 0.0667. The molecule has 0 aromatic heterocycles. The number of hydrogen-bond donors (Lipinski definition) is 2. The molecule has 0 saturated heterocycles. The molecular formula is C15H14BrN3O2. The van der Waals surface area contributed by atoms with Gasteiger partial charge in [-0.25, -0.2) is 9.69 Å². The standard InChI is InChI=1S/C15H14BrN3O2/c1-10(20)19(12-8-6-11(17)7-9-12)15(21)18-14-5-3-2-4-13(14)16/h2-9H,17H2,1H3,(H,18,21). The largest absolute Gasteiger partial charge is 0.399 e. The maximum absolute atomic E-state index is 12.3. The van der Waals surface area contributed by atoms with Crippen LogP contribution in [-0.4, -0.2) is 11.9 Å². The molecule has 3 amide bonds. The van der Waals surface area contributed by atoms with E-state index in [0.29, 0.717) is 17.1 Å². The second-order valence-electron chi connectivity index (χ2n) is 4.36. The number of nitrogens with two attached hydrogens (primary N) is 1. The number of rotatable bonds is 2. The maximum atomic E-state index is 12.3. The number of nitrogen functional groups attached to an aromatic ring is 1. The van der Waals surface area contributed by atoms with Crippen LogP contribution in [0, 0.1) is 0 Å². The van der Waals surface area contributed by atoms with Crippen molar-refractivity contribution in [2.75, 3.05) is 16.0 Å². The molecule has 108 valence electrons. The molecule has 2 aromatic carbocycles. The number of hydrogen-bond acceptors (Lipinski definition) is 3. The Morgan fingerprint density at radius 2 is 1.71 bits per heavy atom. The number of benzene rings is 2. The van der Waals surface area contributed by atoms with Gasteiger partial charge < -0.3 is 11.1 Å². The van der Waals surface area contributed by atoms with E-state index in [4.69, 9.17) is 5.73 Å². The first-order valence-corrected chi connectivity index (χ1v) is 7.00. The molecule has 0 aliphatic carbocycles. The predicted octanol–water partition coefficient (Wildman–Crippen LogP) is 3.62. The normalized spacial score (nSPS) is 10.0. The van der Waals surface area contributed by atoms with Crippen LogP contribution in [0.2, 0.25) is 0 Å². The summed E-state index contributed by atoms with van der Waals surface area (Å²) in [5.41, 5.74) is 7.22. The zero-order chi connectivity index (χ0) is 15.4. The van der Waals surface area contributed by atoms with Crippen LogP contribution in [0.15, 0.2) is 53.0 Å². The Bertz CT molecular complexity index is 671. The molecule has 0 atom stereocenters. The van der Waals surface area contributed by atoms with E-state index in [9.17, 15) is 9.59 Å². The monoisotopic (exact) mass is 347 g/mol. The molecule has 0 spiro atoms. The Hall–Kier alpha value is -2.34. The van der Waals surface area contributed by atoms with Gasteiger partial charge in [0.1, 0.15) is 0 Å². The number of anilines is 3. The molecule has 21 heavy (non-hydrogen) atoms. The summed E-state index contributed by atoms with van der Waals surface area (Å²) in [6, 6.07) is 13.2.